The van der Waals surface area contributed by atoms with E-state index in [1.807, 2.05) is 19.9 Å². The van der Waals surface area contributed by atoms with Crippen molar-refractivity contribution in [3.63, 3.8) is 0 Å². The molecule has 2 nitrogen and oxygen atoms in total. The molecule has 0 aliphatic rings. The quantitative estimate of drug-likeness (QED) is 0.812. The maximum atomic E-state index is 13.3. The third-order valence-electron chi connectivity index (χ3n) is 2.34. The van der Waals surface area contributed by atoms with E-state index >= 15 is 0 Å². The SMILES string of the molecule is CC(C)c1cc(CCC(N)=O)ccc1F. The summed E-state index contributed by atoms with van der Waals surface area (Å²) in [7, 11) is 0. The highest BCUT2D eigenvalue weighted by atomic mass is 19.1. The van der Waals surface area contributed by atoms with Gasteiger partial charge >= 0.3 is 0 Å². The number of hydrogen-bond donors (Lipinski definition) is 1. The van der Waals surface area contributed by atoms with Crippen LogP contribution >= 0.6 is 0 Å². The molecule has 0 radical (unpaired) electrons. The Morgan fingerprint density at radius 3 is 2.67 bits per heavy atom. The molecule has 0 bridgehead atoms. The van der Waals surface area contributed by atoms with Gasteiger partial charge in [-0.3, -0.25) is 4.79 Å². The molecule has 0 saturated heterocycles. The minimum atomic E-state index is -0.328. The Balaban J connectivity index is 2.83. The Bertz CT molecular complexity index is 361. The normalized spacial score (nSPS) is 10.7. The lowest BCUT2D eigenvalue weighted by Gasteiger charge is -2.09. The summed E-state index contributed by atoms with van der Waals surface area (Å²) in [6, 6.07) is 4.96. The summed E-state index contributed by atoms with van der Waals surface area (Å²) in [4.78, 5) is 10.6. The van der Waals surface area contributed by atoms with Crippen LogP contribution in [0.4, 0.5) is 4.39 Å². The van der Waals surface area contributed by atoms with Crippen molar-refractivity contribution < 1.29 is 9.18 Å². The van der Waals surface area contributed by atoms with Crippen molar-refractivity contribution in [2.75, 3.05) is 0 Å². The smallest absolute Gasteiger partial charge is 0.217 e. The lowest BCUT2D eigenvalue weighted by atomic mass is 9.98. The second-order valence-electron chi connectivity index (χ2n) is 3.98. The Morgan fingerprint density at radius 2 is 2.13 bits per heavy atom. The van der Waals surface area contributed by atoms with Crippen LogP contribution in [0.15, 0.2) is 18.2 Å². The second-order valence-corrected chi connectivity index (χ2v) is 3.98. The lowest BCUT2D eigenvalue weighted by molar-refractivity contribution is -0.117. The van der Waals surface area contributed by atoms with Crippen molar-refractivity contribution in [2.24, 2.45) is 5.73 Å². The third kappa shape index (κ3) is 3.35. The van der Waals surface area contributed by atoms with E-state index in [0.717, 1.165) is 5.56 Å². The van der Waals surface area contributed by atoms with E-state index in [1.54, 1.807) is 6.07 Å². The zero-order valence-corrected chi connectivity index (χ0v) is 9.09. The number of primary amides is 1. The molecule has 15 heavy (non-hydrogen) atoms. The number of halogens is 1. The molecule has 3 heteroatoms. The first-order chi connectivity index (χ1) is 7.00. The largest absolute Gasteiger partial charge is 0.370 e. The molecular weight excluding hydrogens is 193 g/mol. The van der Waals surface area contributed by atoms with E-state index < -0.39 is 0 Å². The highest BCUT2D eigenvalue weighted by molar-refractivity contribution is 5.74. The maximum absolute atomic E-state index is 13.3. The van der Waals surface area contributed by atoms with Gasteiger partial charge in [-0.1, -0.05) is 26.0 Å². The Kier molecular flexibility index (Phi) is 3.83. The van der Waals surface area contributed by atoms with E-state index in [-0.39, 0.29) is 17.6 Å². The Hall–Kier alpha value is -1.38. The number of carbonyl (C=O) groups excluding carboxylic acids is 1. The van der Waals surface area contributed by atoms with Gasteiger partial charge in [0.1, 0.15) is 5.82 Å². The average Bonchev–Trinajstić information content (AvgIpc) is 2.16. The fourth-order valence-corrected chi connectivity index (χ4v) is 1.46. The first-order valence-electron chi connectivity index (χ1n) is 5.07. The van der Waals surface area contributed by atoms with E-state index in [4.69, 9.17) is 5.73 Å². The van der Waals surface area contributed by atoms with Crippen LogP contribution in [-0.4, -0.2) is 5.91 Å². The van der Waals surface area contributed by atoms with Gasteiger partial charge in [0, 0.05) is 6.42 Å². The van der Waals surface area contributed by atoms with Crippen LogP contribution in [0.1, 0.15) is 37.3 Å². The third-order valence-corrected chi connectivity index (χ3v) is 2.34. The molecule has 0 unspecified atom stereocenters. The number of carbonyl (C=O) groups is 1. The Morgan fingerprint density at radius 1 is 1.47 bits per heavy atom. The van der Waals surface area contributed by atoms with E-state index in [9.17, 15) is 9.18 Å². The predicted molar refractivity (Wildman–Crippen MR) is 58.0 cm³/mol. The molecule has 82 valence electrons. The van der Waals surface area contributed by atoms with Crippen molar-refractivity contribution in [1.29, 1.82) is 0 Å². The molecule has 0 fully saturated rings. The maximum Gasteiger partial charge on any atom is 0.217 e. The van der Waals surface area contributed by atoms with Crippen LogP contribution in [0.3, 0.4) is 0 Å². The monoisotopic (exact) mass is 209 g/mol. The number of amides is 1. The molecule has 0 aliphatic heterocycles. The highest BCUT2D eigenvalue weighted by Crippen LogP contribution is 2.20. The van der Waals surface area contributed by atoms with Crippen LogP contribution in [0.2, 0.25) is 0 Å². The number of rotatable bonds is 4. The fourth-order valence-electron chi connectivity index (χ4n) is 1.46. The van der Waals surface area contributed by atoms with Crippen LogP contribution in [0.25, 0.3) is 0 Å². The van der Waals surface area contributed by atoms with Crippen LogP contribution < -0.4 is 5.73 Å². The molecule has 2 N–H and O–H groups in total. The number of aryl methyl sites for hydroxylation is 1. The highest BCUT2D eigenvalue weighted by Gasteiger charge is 2.07. The van der Waals surface area contributed by atoms with Gasteiger partial charge in [0.15, 0.2) is 0 Å². The van der Waals surface area contributed by atoms with Crippen LogP contribution in [0, 0.1) is 5.82 Å². The van der Waals surface area contributed by atoms with Crippen LogP contribution in [0.5, 0.6) is 0 Å². The predicted octanol–water partition coefficient (Wildman–Crippen LogP) is 2.37. The average molecular weight is 209 g/mol. The van der Waals surface area contributed by atoms with Gasteiger partial charge in [0.05, 0.1) is 0 Å². The van der Waals surface area contributed by atoms with E-state index in [0.29, 0.717) is 18.4 Å². The molecule has 1 amide bonds. The van der Waals surface area contributed by atoms with E-state index in [1.165, 1.54) is 6.07 Å². The van der Waals surface area contributed by atoms with Crippen LogP contribution in [-0.2, 0) is 11.2 Å². The zero-order chi connectivity index (χ0) is 11.4. The molecule has 0 aliphatic carbocycles. The molecule has 0 aromatic heterocycles. The minimum absolute atomic E-state index is 0.151. The molecule has 0 heterocycles. The summed E-state index contributed by atoms with van der Waals surface area (Å²) >= 11 is 0. The molecule has 1 rings (SSSR count). The van der Waals surface area contributed by atoms with E-state index in [2.05, 4.69) is 0 Å². The summed E-state index contributed by atoms with van der Waals surface area (Å²) in [5.74, 6) is -0.364. The summed E-state index contributed by atoms with van der Waals surface area (Å²) < 4.78 is 13.3. The Labute approximate surface area is 89.3 Å². The van der Waals surface area contributed by atoms with Gasteiger partial charge < -0.3 is 5.73 Å². The summed E-state index contributed by atoms with van der Waals surface area (Å²) in [6.07, 6.45) is 0.887. The molecule has 1 aromatic carbocycles. The molecular formula is C12H16FNO. The van der Waals surface area contributed by atoms with Gasteiger partial charge in [-0.15, -0.1) is 0 Å². The van der Waals surface area contributed by atoms with Crippen molar-refractivity contribution in [2.45, 2.75) is 32.6 Å². The van der Waals surface area contributed by atoms with Crippen molar-refractivity contribution in [3.05, 3.63) is 35.1 Å². The molecule has 1 aromatic rings. The molecule has 0 spiro atoms. The number of nitrogens with two attached hydrogens (primary N) is 1. The van der Waals surface area contributed by atoms with Gasteiger partial charge in [0.25, 0.3) is 0 Å². The van der Waals surface area contributed by atoms with Gasteiger partial charge in [-0.2, -0.15) is 0 Å². The second kappa shape index (κ2) is 4.91. The fraction of sp³-hybridized carbons (Fsp3) is 0.417. The number of hydrogen-bond acceptors (Lipinski definition) is 1. The standard InChI is InChI=1S/C12H16FNO/c1-8(2)10-7-9(3-5-11(10)13)4-6-12(14)15/h3,5,7-8H,4,6H2,1-2H3,(H2,14,15). The summed E-state index contributed by atoms with van der Waals surface area (Å²) in [6.45, 7) is 3.88. The number of benzene rings is 1. The van der Waals surface area contributed by atoms with Crippen molar-refractivity contribution in [1.82, 2.24) is 0 Å². The molecule has 0 atom stereocenters. The zero-order valence-electron chi connectivity index (χ0n) is 9.09. The summed E-state index contributed by atoms with van der Waals surface area (Å²) in [5, 5.41) is 0. The van der Waals surface area contributed by atoms with Gasteiger partial charge in [-0.25, -0.2) is 4.39 Å². The van der Waals surface area contributed by atoms with Crippen molar-refractivity contribution >= 4 is 5.91 Å². The first-order valence-corrected chi connectivity index (χ1v) is 5.07. The summed E-state index contributed by atoms with van der Waals surface area (Å²) in [5.41, 5.74) is 6.70. The van der Waals surface area contributed by atoms with Crippen molar-refractivity contribution in [3.8, 4) is 0 Å². The lowest BCUT2D eigenvalue weighted by Crippen LogP contribution is -2.11. The molecule has 0 saturated carbocycles. The topological polar surface area (TPSA) is 43.1 Å². The first kappa shape index (κ1) is 11.7. The van der Waals surface area contributed by atoms with Gasteiger partial charge in [-0.05, 0) is 29.5 Å². The minimum Gasteiger partial charge on any atom is -0.370 e. The van der Waals surface area contributed by atoms with Gasteiger partial charge in [0.2, 0.25) is 5.91 Å².